The molecule has 3 rings (SSSR count). The zero-order valence-corrected chi connectivity index (χ0v) is 8.93. The fourth-order valence-corrected chi connectivity index (χ4v) is 2.73. The molecule has 0 saturated carbocycles. The van der Waals surface area contributed by atoms with E-state index in [2.05, 4.69) is 26.3 Å². The summed E-state index contributed by atoms with van der Waals surface area (Å²) in [6.07, 6.45) is 4.41. The number of nitriles is 1. The minimum absolute atomic E-state index is 0.440. The molecule has 0 bridgehead atoms. The Labute approximate surface area is 94.1 Å². The van der Waals surface area contributed by atoms with Gasteiger partial charge in [0.1, 0.15) is 6.07 Å². The van der Waals surface area contributed by atoms with Gasteiger partial charge in [0.2, 0.25) is 0 Å². The number of nitrogens with zero attached hydrogens (tertiary/aromatic N) is 4. The third kappa shape index (κ3) is 1.34. The van der Waals surface area contributed by atoms with Crippen LogP contribution in [0.15, 0.2) is 12.4 Å². The normalized spacial score (nSPS) is 27.8. The van der Waals surface area contributed by atoms with Crippen LogP contribution in [0.2, 0.25) is 0 Å². The predicted octanol–water partition coefficient (Wildman–Crippen LogP) is 0.146. The van der Waals surface area contributed by atoms with Gasteiger partial charge in [-0.25, -0.2) is 9.97 Å². The van der Waals surface area contributed by atoms with Crippen molar-refractivity contribution in [2.24, 2.45) is 5.92 Å². The molecule has 0 unspecified atom stereocenters. The Balaban J connectivity index is 1.95. The summed E-state index contributed by atoms with van der Waals surface area (Å²) in [7, 11) is 0. The minimum Gasteiger partial charge on any atom is -0.350 e. The molecule has 0 aromatic carbocycles. The maximum Gasteiger partial charge on any atom is 0.183 e. The smallest absolute Gasteiger partial charge is 0.183 e. The molecule has 2 aliphatic heterocycles. The number of hydrogen-bond donors (Lipinski definition) is 1. The van der Waals surface area contributed by atoms with Crippen LogP contribution in [0.3, 0.4) is 0 Å². The quantitative estimate of drug-likeness (QED) is 0.722. The first-order valence-electron chi connectivity index (χ1n) is 5.58. The van der Waals surface area contributed by atoms with Crippen LogP contribution in [0.5, 0.6) is 0 Å². The van der Waals surface area contributed by atoms with Crippen molar-refractivity contribution in [2.45, 2.75) is 12.5 Å². The van der Waals surface area contributed by atoms with Crippen molar-refractivity contribution in [1.82, 2.24) is 15.3 Å². The lowest BCUT2D eigenvalue weighted by Gasteiger charge is -2.24. The fourth-order valence-electron chi connectivity index (χ4n) is 2.73. The maximum atomic E-state index is 9.02. The zero-order valence-electron chi connectivity index (χ0n) is 8.93. The molecule has 0 radical (unpaired) electrons. The Morgan fingerprint density at radius 2 is 2.25 bits per heavy atom. The largest absolute Gasteiger partial charge is 0.350 e. The Morgan fingerprint density at radius 1 is 1.38 bits per heavy atom. The lowest BCUT2D eigenvalue weighted by atomic mass is 10.1. The summed E-state index contributed by atoms with van der Waals surface area (Å²) in [5, 5.41) is 12.4. The first-order chi connectivity index (χ1) is 7.90. The molecule has 5 heteroatoms. The van der Waals surface area contributed by atoms with Crippen LogP contribution in [-0.2, 0) is 0 Å². The summed E-state index contributed by atoms with van der Waals surface area (Å²) in [4.78, 5) is 10.6. The van der Waals surface area contributed by atoms with Crippen molar-refractivity contribution >= 4 is 5.82 Å². The van der Waals surface area contributed by atoms with Gasteiger partial charge in [-0.05, 0) is 12.3 Å². The van der Waals surface area contributed by atoms with Gasteiger partial charge in [0.15, 0.2) is 11.5 Å². The first kappa shape index (κ1) is 9.55. The van der Waals surface area contributed by atoms with Gasteiger partial charge in [0.25, 0.3) is 0 Å². The van der Waals surface area contributed by atoms with Crippen molar-refractivity contribution in [2.75, 3.05) is 24.5 Å². The van der Waals surface area contributed by atoms with Crippen LogP contribution < -0.4 is 10.2 Å². The Hall–Kier alpha value is -1.67. The number of fused-ring (bicyclic) bond motifs is 1. The highest BCUT2D eigenvalue weighted by Crippen LogP contribution is 2.31. The van der Waals surface area contributed by atoms with E-state index in [-0.39, 0.29) is 0 Å². The first-order valence-corrected chi connectivity index (χ1v) is 5.58. The number of nitrogens with one attached hydrogen (secondary N) is 1. The molecule has 1 aromatic rings. The minimum atomic E-state index is 0.440. The molecule has 0 spiro atoms. The van der Waals surface area contributed by atoms with Crippen molar-refractivity contribution < 1.29 is 0 Å². The van der Waals surface area contributed by atoms with E-state index >= 15 is 0 Å². The predicted molar refractivity (Wildman–Crippen MR) is 58.9 cm³/mol. The number of rotatable bonds is 1. The van der Waals surface area contributed by atoms with E-state index < -0.39 is 0 Å². The van der Waals surface area contributed by atoms with Gasteiger partial charge in [0.05, 0.1) is 0 Å². The summed E-state index contributed by atoms with van der Waals surface area (Å²) in [5.74, 6) is 1.45. The lowest BCUT2D eigenvalue weighted by molar-refractivity contribution is 0.577. The molecular weight excluding hydrogens is 202 g/mol. The average molecular weight is 215 g/mol. The van der Waals surface area contributed by atoms with E-state index in [0.717, 1.165) is 25.5 Å². The summed E-state index contributed by atoms with van der Waals surface area (Å²) in [5.41, 5.74) is 0.440. The average Bonchev–Trinajstić information content (AvgIpc) is 2.91. The molecular formula is C11H13N5. The van der Waals surface area contributed by atoms with E-state index in [1.807, 2.05) is 0 Å². The number of aromatic nitrogens is 2. The van der Waals surface area contributed by atoms with Crippen LogP contribution in [0.25, 0.3) is 0 Å². The number of anilines is 1. The van der Waals surface area contributed by atoms with Crippen LogP contribution in [0.1, 0.15) is 12.1 Å². The number of hydrogen-bond acceptors (Lipinski definition) is 5. The molecule has 0 aliphatic carbocycles. The Bertz CT molecular complexity index is 438. The second kappa shape index (κ2) is 3.72. The van der Waals surface area contributed by atoms with Gasteiger partial charge in [-0.1, -0.05) is 0 Å². The van der Waals surface area contributed by atoms with E-state index in [1.165, 1.54) is 6.42 Å². The van der Waals surface area contributed by atoms with Crippen molar-refractivity contribution in [3.8, 4) is 6.07 Å². The molecule has 2 atom stereocenters. The van der Waals surface area contributed by atoms with Crippen LogP contribution in [0.4, 0.5) is 5.82 Å². The highest BCUT2D eigenvalue weighted by molar-refractivity contribution is 5.51. The van der Waals surface area contributed by atoms with Gasteiger partial charge < -0.3 is 10.2 Å². The van der Waals surface area contributed by atoms with E-state index in [0.29, 0.717) is 17.7 Å². The zero-order chi connectivity index (χ0) is 11.0. The molecule has 2 saturated heterocycles. The van der Waals surface area contributed by atoms with Crippen LogP contribution >= 0.6 is 0 Å². The molecule has 1 aromatic heterocycles. The fraction of sp³-hybridized carbons (Fsp3) is 0.545. The van der Waals surface area contributed by atoms with E-state index in [4.69, 9.17) is 5.26 Å². The standard InChI is InChI=1S/C11H13N5/c12-5-9-11(15-3-2-14-9)16-4-1-8-6-13-7-10(8)16/h2-3,8,10,13H,1,4,6-7H2/t8-,10+/m0/s1. The van der Waals surface area contributed by atoms with Crippen molar-refractivity contribution in [3.05, 3.63) is 18.1 Å². The summed E-state index contributed by atoms with van der Waals surface area (Å²) >= 11 is 0. The lowest BCUT2D eigenvalue weighted by Crippen LogP contribution is -2.35. The molecule has 2 aliphatic rings. The van der Waals surface area contributed by atoms with Crippen molar-refractivity contribution in [3.63, 3.8) is 0 Å². The highest BCUT2D eigenvalue weighted by Gasteiger charge is 2.38. The Kier molecular flexibility index (Phi) is 2.22. The van der Waals surface area contributed by atoms with Crippen LogP contribution in [-0.4, -0.2) is 35.6 Å². The molecule has 0 amide bonds. The molecule has 82 valence electrons. The highest BCUT2D eigenvalue weighted by atomic mass is 15.3. The van der Waals surface area contributed by atoms with Crippen LogP contribution in [0, 0.1) is 17.2 Å². The maximum absolute atomic E-state index is 9.02. The van der Waals surface area contributed by atoms with Gasteiger partial charge in [-0.15, -0.1) is 0 Å². The van der Waals surface area contributed by atoms with Gasteiger partial charge in [0, 0.05) is 38.1 Å². The molecule has 16 heavy (non-hydrogen) atoms. The van der Waals surface area contributed by atoms with E-state index in [9.17, 15) is 0 Å². The van der Waals surface area contributed by atoms with E-state index in [1.54, 1.807) is 12.4 Å². The second-order valence-electron chi connectivity index (χ2n) is 4.31. The third-order valence-electron chi connectivity index (χ3n) is 3.50. The molecule has 5 nitrogen and oxygen atoms in total. The SMILES string of the molecule is N#Cc1nccnc1N1CC[C@H]2CNC[C@H]21. The monoisotopic (exact) mass is 215 g/mol. The van der Waals surface area contributed by atoms with Gasteiger partial charge in [-0.3, -0.25) is 0 Å². The Morgan fingerprint density at radius 3 is 3.12 bits per heavy atom. The second-order valence-corrected chi connectivity index (χ2v) is 4.31. The van der Waals surface area contributed by atoms with Gasteiger partial charge >= 0.3 is 0 Å². The molecule has 1 N–H and O–H groups in total. The summed E-state index contributed by atoms with van der Waals surface area (Å²) in [6.45, 7) is 3.07. The summed E-state index contributed by atoms with van der Waals surface area (Å²) < 4.78 is 0. The third-order valence-corrected chi connectivity index (χ3v) is 3.50. The topological polar surface area (TPSA) is 64.8 Å². The van der Waals surface area contributed by atoms with Gasteiger partial charge in [-0.2, -0.15) is 5.26 Å². The molecule has 2 fully saturated rings. The molecule has 3 heterocycles. The summed E-state index contributed by atoms with van der Waals surface area (Å²) in [6, 6.07) is 2.61. The van der Waals surface area contributed by atoms with Crippen molar-refractivity contribution in [1.29, 1.82) is 5.26 Å².